The van der Waals surface area contributed by atoms with Gasteiger partial charge in [-0.25, -0.2) is 9.37 Å². The summed E-state index contributed by atoms with van der Waals surface area (Å²) in [4.78, 5) is 9.56. The number of fused-ring (bicyclic) bond motifs is 4. The van der Waals surface area contributed by atoms with Crippen LogP contribution in [0.25, 0.3) is 49.9 Å². The van der Waals surface area contributed by atoms with E-state index in [1.807, 2.05) is 30.5 Å². The largest absolute Gasteiger partial charge is 0.457 e. The molecule has 0 saturated heterocycles. The van der Waals surface area contributed by atoms with Crippen molar-refractivity contribution in [2.45, 2.75) is 26.2 Å². The Bertz CT molecular complexity index is 2970. The van der Waals surface area contributed by atoms with Crippen LogP contribution in [0.4, 0.5) is 27.1 Å². The van der Waals surface area contributed by atoms with Crippen LogP contribution in [0.3, 0.4) is 0 Å². The monoisotopic (exact) mass is 756 g/mol. The van der Waals surface area contributed by atoms with Crippen LogP contribution in [0.15, 0.2) is 182 Å². The molecular weight excluding hydrogens is 716 g/mol. The average molecular weight is 757 g/mol. The second-order valence-corrected chi connectivity index (χ2v) is 15.8. The second-order valence-electron chi connectivity index (χ2n) is 15.8. The van der Waals surface area contributed by atoms with E-state index in [9.17, 15) is 4.39 Å². The molecule has 282 valence electrons. The smallest absolute Gasteiger partial charge is 0.137 e. The number of halogens is 1. The van der Waals surface area contributed by atoms with Crippen molar-refractivity contribution < 1.29 is 9.13 Å². The fourth-order valence-corrected chi connectivity index (χ4v) is 8.29. The van der Waals surface area contributed by atoms with Crippen LogP contribution >= 0.6 is 0 Å². The molecule has 0 bridgehead atoms. The number of para-hydroxylation sites is 4. The maximum Gasteiger partial charge on any atom is 0.137 e. The quantitative estimate of drug-likeness (QED) is 0.162. The minimum atomic E-state index is -0.255. The maximum absolute atomic E-state index is 14.2. The first-order valence-corrected chi connectivity index (χ1v) is 19.7. The Morgan fingerprint density at radius 2 is 1.21 bits per heavy atom. The van der Waals surface area contributed by atoms with Gasteiger partial charge in [0.1, 0.15) is 29.8 Å². The fraction of sp³-hybridized carbons (Fsp3) is 0.0962. The van der Waals surface area contributed by atoms with Crippen molar-refractivity contribution >= 4 is 44.6 Å². The average Bonchev–Trinajstić information content (AvgIpc) is 3.80. The second kappa shape index (κ2) is 14.1. The van der Waals surface area contributed by atoms with Crippen molar-refractivity contribution in [3.05, 3.63) is 194 Å². The van der Waals surface area contributed by atoms with Crippen LogP contribution in [0.1, 0.15) is 26.3 Å². The van der Waals surface area contributed by atoms with Gasteiger partial charge in [0.05, 0.1) is 28.1 Å². The minimum absolute atomic E-state index is 0.0151. The highest BCUT2D eigenvalue weighted by atomic mass is 19.1. The number of hydrogen-bond acceptors (Lipinski definition) is 4. The molecule has 2 aromatic heterocycles. The van der Waals surface area contributed by atoms with Gasteiger partial charge in [-0.2, -0.15) is 0 Å². The third-order valence-electron chi connectivity index (χ3n) is 11.1. The van der Waals surface area contributed by atoms with Crippen LogP contribution in [0.2, 0.25) is 0 Å². The van der Waals surface area contributed by atoms with Gasteiger partial charge in [0.2, 0.25) is 0 Å². The molecule has 6 heteroatoms. The number of nitrogens with zero attached hydrogens (tertiary/aromatic N) is 4. The molecule has 7 aromatic carbocycles. The normalized spacial score (nSPS) is 12.7. The summed E-state index contributed by atoms with van der Waals surface area (Å²) in [6.45, 7) is 7.25. The van der Waals surface area contributed by atoms with E-state index in [0.29, 0.717) is 6.67 Å². The predicted molar refractivity (Wildman–Crippen MR) is 237 cm³/mol. The summed E-state index contributed by atoms with van der Waals surface area (Å²) < 4.78 is 23.1. The first-order chi connectivity index (χ1) is 28.3. The molecule has 0 aliphatic carbocycles. The summed E-state index contributed by atoms with van der Waals surface area (Å²) >= 11 is 0. The molecule has 0 unspecified atom stereocenters. The van der Waals surface area contributed by atoms with Crippen LogP contribution in [-0.4, -0.2) is 16.2 Å². The van der Waals surface area contributed by atoms with Gasteiger partial charge < -0.3 is 14.5 Å². The first-order valence-electron chi connectivity index (χ1n) is 19.7. The van der Waals surface area contributed by atoms with Crippen LogP contribution in [0.5, 0.6) is 11.5 Å². The van der Waals surface area contributed by atoms with Crippen molar-refractivity contribution in [3.63, 3.8) is 0 Å². The van der Waals surface area contributed by atoms with Gasteiger partial charge in [-0.1, -0.05) is 118 Å². The van der Waals surface area contributed by atoms with E-state index in [1.54, 1.807) is 0 Å². The van der Waals surface area contributed by atoms with Gasteiger partial charge >= 0.3 is 0 Å². The Hall–Kier alpha value is -7.18. The van der Waals surface area contributed by atoms with Crippen molar-refractivity contribution in [2.75, 3.05) is 16.5 Å². The Labute approximate surface area is 337 Å². The molecule has 0 atom stereocenters. The number of ether oxygens (including phenoxy) is 1. The standard InChI is InChI=1S/C52H41FN4O/c1-52(2,3)37-29-30-54-50(31-37)57-46-20-8-7-17-44(46)45-28-27-41(33-49(45)57)58-40-16-11-15-39(32-40)55-34-56(48-22-10-9-21-47(48)55)51-42(35-13-5-4-6-14-35)18-12-19-43(51)36-23-25-38(53)26-24-36/h4-33H,34H2,1-3H3. The number of pyridine rings is 1. The molecule has 3 heterocycles. The third-order valence-corrected chi connectivity index (χ3v) is 11.1. The first kappa shape index (κ1) is 35.2. The summed E-state index contributed by atoms with van der Waals surface area (Å²) in [6, 6.07) is 59.5. The van der Waals surface area contributed by atoms with Gasteiger partial charge in [-0.15, -0.1) is 0 Å². The van der Waals surface area contributed by atoms with Crippen LogP contribution in [-0.2, 0) is 5.41 Å². The van der Waals surface area contributed by atoms with Gasteiger partial charge in [-0.3, -0.25) is 4.57 Å². The topological polar surface area (TPSA) is 33.5 Å². The van der Waals surface area contributed by atoms with E-state index in [-0.39, 0.29) is 11.2 Å². The molecule has 0 N–H and O–H groups in total. The van der Waals surface area contributed by atoms with Crippen molar-refractivity contribution in [1.29, 1.82) is 0 Å². The molecule has 0 radical (unpaired) electrons. The lowest BCUT2D eigenvalue weighted by Gasteiger charge is -2.27. The van der Waals surface area contributed by atoms with Crippen LogP contribution < -0.4 is 14.5 Å². The number of aromatic nitrogens is 2. The molecule has 0 saturated carbocycles. The van der Waals surface area contributed by atoms with E-state index in [1.165, 1.54) is 23.1 Å². The van der Waals surface area contributed by atoms with Crippen LogP contribution in [0, 0.1) is 5.82 Å². The Morgan fingerprint density at radius 3 is 1.98 bits per heavy atom. The van der Waals surface area contributed by atoms with Crippen molar-refractivity contribution in [1.82, 2.24) is 9.55 Å². The highest BCUT2D eigenvalue weighted by Gasteiger charge is 2.31. The zero-order chi connectivity index (χ0) is 39.4. The molecule has 10 rings (SSSR count). The lowest BCUT2D eigenvalue weighted by atomic mass is 9.88. The summed E-state index contributed by atoms with van der Waals surface area (Å²) in [7, 11) is 0. The number of hydrogen-bond donors (Lipinski definition) is 0. The number of benzene rings is 7. The van der Waals surface area contributed by atoms with Crippen molar-refractivity contribution in [3.8, 4) is 39.6 Å². The van der Waals surface area contributed by atoms with E-state index < -0.39 is 0 Å². The Kier molecular flexibility index (Phi) is 8.56. The van der Waals surface area contributed by atoms with E-state index in [0.717, 1.165) is 78.7 Å². The van der Waals surface area contributed by atoms with Gasteiger partial charge in [0.15, 0.2) is 0 Å². The number of rotatable bonds is 7. The molecular formula is C52H41FN4O. The molecule has 9 aromatic rings. The fourth-order valence-electron chi connectivity index (χ4n) is 8.29. The lowest BCUT2D eigenvalue weighted by Crippen LogP contribution is -2.25. The summed E-state index contributed by atoms with van der Waals surface area (Å²) in [5, 5.41) is 2.31. The van der Waals surface area contributed by atoms with E-state index in [4.69, 9.17) is 9.72 Å². The zero-order valence-corrected chi connectivity index (χ0v) is 32.6. The zero-order valence-electron chi connectivity index (χ0n) is 32.6. The molecule has 5 nitrogen and oxygen atoms in total. The Morgan fingerprint density at radius 1 is 0.552 bits per heavy atom. The van der Waals surface area contributed by atoms with E-state index in [2.05, 4.69) is 175 Å². The molecule has 0 fully saturated rings. The molecule has 0 spiro atoms. The number of anilines is 4. The SMILES string of the molecule is CC(C)(C)c1ccnc(-n2c3ccccc3c3ccc(Oc4cccc(N5CN(c6c(-c7ccccc7)cccc6-c6ccc(F)cc6)c6ccccc65)c4)cc32)c1. The van der Waals surface area contributed by atoms with Gasteiger partial charge in [-0.05, 0) is 88.8 Å². The molecule has 1 aliphatic rings. The maximum atomic E-state index is 14.2. The molecule has 0 amide bonds. The summed E-state index contributed by atoms with van der Waals surface area (Å²) in [5.41, 5.74) is 11.8. The minimum Gasteiger partial charge on any atom is -0.457 e. The van der Waals surface area contributed by atoms with Crippen molar-refractivity contribution in [2.24, 2.45) is 0 Å². The highest BCUT2D eigenvalue weighted by molar-refractivity contribution is 6.09. The van der Waals surface area contributed by atoms with E-state index >= 15 is 0 Å². The Balaban J connectivity index is 1.03. The predicted octanol–water partition coefficient (Wildman–Crippen LogP) is 14.0. The third kappa shape index (κ3) is 6.23. The van der Waals surface area contributed by atoms with Gasteiger partial charge in [0.25, 0.3) is 0 Å². The summed E-state index contributed by atoms with van der Waals surface area (Å²) in [6.07, 6.45) is 1.91. The molecule has 1 aliphatic heterocycles. The lowest BCUT2D eigenvalue weighted by molar-refractivity contribution is 0.483. The molecule has 58 heavy (non-hydrogen) atoms. The van der Waals surface area contributed by atoms with Gasteiger partial charge in [0, 0.05) is 45.9 Å². The summed E-state index contributed by atoms with van der Waals surface area (Å²) in [5.74, 6) is 2.10. The highest BCUT2D eigenvalue weighted by Crippen LogP contribution is 2.50.